The lowest BCUT2D eigenvalue weighted by molar-refractivity contribution is 0.296. The number of guanidine groups is 1. The van der Waals surface area contributed by atoms with Gasteiger partial charge in [-0.05, 0) is 58.3 Å². The average Bonchev–Trinajstić information content (AvgIpc) is 3.49. The highest BCUT2D eigenvalue weighted by Gasteiger charge is 2.22. The predicted octanol–water partition coefficient (Wildman–Crippen LogP) is 3.65. The lowest BCUT2D eigenvalue weighted by Gasteiger charge is -2.15. The van der Waals surface area contributed by atoms with Crippen LogP contribution in [0.4, 0.5) is 0 Å². The van der Waals surface area contributed by atoms with Gasteiger partial charge in [0.05, 0.1) is 6.61 Å². The predicted molar refractivity (Wildman–Crippen MR) is 115 cm³/mol. The Bertz CT molecular complexity index is 555. The zero-order valence-corrected chi connectivity index (χ0v) is 17.5. The minimum Gasteiger partial charge on any atom is -0.493 e. The van der Waals surface area contributed by atoms with Crippen molar-refractivity contribution < 1.29 is 4.74 Å². The summed E-state index contributed by atoms with van der Waals surface area (Å²) >= 11 is 0. The van der Waals surface area contributed by atoms with Crippen LogP contribution in [0.1, 0.15) is 50.5 Å². The highest BCUT2D eigenvalue weighted by molar-refractivity contribution is 5.79. The summed E-state index contributed by atoms with van der Waals surface area (Å²) in [6, 6.07) is 8.28. The summed E-state index contributed by atoms with van der Waals surface area (Å²) in [5.41, 5.74) is 1.18. The van der Waals surface area contributed by atoms with E-state index in [0.29, 0.717) is 0 Å². The van der Waals surface area contributed by atoms with Gasteiger partial charge < -0.3 is 20.3 Å². The van der Waals surface area contributed by atoms with E-state index in [2.05, 4.69) is 52.8 Å². The Kier molecular flexibility index (Phi) is 10.1. The number of para-hydroxylation sites is 1. The molecule has 5 nitrogen and oxygen atoms in total. The van der Waals surface area contributed by atoms with E-state index in [4.69, 9.17) is 4.74 Å². The summed E-state index contributed by atoms with van der Waals surface area (Å²) in [6.07, 6.45) is 9.01. The molecular weight excluding hydrogens is 336 g/mol. The van der Waals surface area contributed by atoms with Crippen LogP contribution in [0, 0.1) is 5.92 Å². The first kappa shape index (κ1) is 21.5. The molecule has 2 rings (SSSR count). The normalized spacial score (nSPS) is 14.4. The summed E-state index contributed by atoms with van der Waals surface area (Å²) < 4.78 is 5.98. The van der Waals surface area contributed by atoms with Crippen LogP contribution in [0.5, 0.6) is 5.75 Å². The number of rotatable bonds is 13. The van der Waals surface area contributed by atoms with Gasteiger partial charge in [-0.2, -0.15) is 0 Å². The second-order valence-corrected chi connectivity index (χ2v) is 7.79. The molecule has 0 atom stereocenters. The average molecular weight is 375 g/mol. The highest BCUT2D eigenvalue weighted by Crippen LogP contribution is 2.30. The molecule has 0 radical (unpaired) electrons. The standard InChI is InChI=1S/C22H38N4O/c1-23-22(24-15-9-5-4-6-10-16-26(2)3)25-17-20-11-7-8-12-21(20)27-18-19-13-14-19/h7-8,11-12,19H,4-6,9-10,13-18H2,1-3H3,(H2,23,24,25). The molecule has 1 aliphatic rings. The first-order valence-corrected chi connectivity index (χ1v) is 10.5. The lowest BCUT2D eigenvalue weighted by atomic mass is 10.1. The van der Waals surface area contributed by atoms with Crippen LogP contribution < -0.4 is 15.4 Å². The molecular formula is C22H38N4O. The molecule has 0 heterocycles. The summed E-state index contributed by atoms with van der Waals surface area (Å²) in [6.45, 7) is 3.73. The van der Waals surface area contributed by atoms with E-state index in [1.165, 1.54) is 57.1 Å². The third-order valence-electron chi connectivity index (χ3n) is 4.89. The molecule has 1 aliphatic carbocycles. The van der Waals surface area contributed by atoms with E-state index in [-0.39, 0.29) is 0 Å². The Morgan fingerprint density at radius 1 is 1.07 bits per heavy atom. The van der Waals surface area contributed by atoms with Gasteiger partial charge in [0, 0.05) is 25.7 Å². The van der Waals surface area contributed by atoms with Crippen LogP contribution in [-0.2, 0) is 6.54 Å². The van der Waals surface area contributed by atoms with E-state index in [1.54, 1.807) is 0 Å². The fourth-order valence-corrected chi connectivity index (χ4v) is 2.97. The fourth-order valence-electron chi connectivity index (χ4n) is 2.97. The van der Waals surface area contributed by atoms with Gasteiger partial charge in [-0.15, -0.1) is 0 Å². The quantitative estimate of drug-likeness (QED) is 0.314. The first-order chi connectivity index (χ1) is 13.2. The molecule has 0 aliphatic heterocycles. The number of unbranched alkanes of at least 4 members (excludes halogenated alkanes) is 4. The molecule has 0 spiro atoms. The number of hydrogen-bond donors (Lipinski definition) is 2. The number of hydrogen-bond acceptors (Lipinski definition) is 3. The van der Waals surface area contributed by atoms with Gasteiger partial charge in [0.25, 0.3) is 0 Å². The zero-order valence-electron chi connectivity index (χ0n) is 17.5. The van der Waals surface area contributed by atoms with Crippen molar-refractivity contribution in [2.45, 2.75) is 51.5 Å². The van der Waals surface area contributed by atoms with Crippen LogP contribution in [0.3, 0.4) is 0 Å². The summed E-state index contributed by atoms with van der Waals surface area (Å²) in [7, 11) is 6.10. The van der Waals surface area contributed by atoms with Crippen molar-refractivity contribution in [2.75, 3.05) is 40.8 Å². The van der Waals surface area contributed by atoms with E-state index in [1.807, 2.05) is 13.1 Å². The van der Waals surface area contributed by atoms with Gasteiger partial charge in [0.15, 0.2) is 5.96 Å². The number of aliphatic imine (C=N–C) groups is 1. The minimum absolute atomic E-state index is 0.727. The molecule has 27 heavy (non-hydrogen) atoms. The Morgan fingerprint density at radius 2 is 1.81 bits per heavy atom. The maximum atomic E-state index is 5.98. The van der Waals surface area contributed by atoms with Crippen molar-refractivity contribution in [2.24, 2.45) is 10.9 Å². The minimum atomic E-state index is 0.727. The van der Waals surface area contributed by atoms with Crippen molar-refractivity contribution in [3.8, 4) is 5.75 Å². The molecule has 0 saturated heterocycles. The summed E-state index contributed by atoms with van der Waals surface area (Å²) in [5, 5.41) is 6.82. The second-order valence-electron chi connectivity index (χ2n) is 7.79. The number of nitrogens with one attached hydrogen (secondary N) is 2. The number of ether oxygens (including phenoxy) is 1. The van der Waals surface area contributed by atoms with Crippen molar-refractivity contribution in [1.82, 2.24) is 15.5 Å². The lowest BCUT2D eigenvalue weighted by Crippen LogP contribution is -2.37. The third-order valence-corrected chi connectivity index (χ3v) is 4.89. The van der Waals surface area contributed by atoms with Crippen LogP contribution in [0.15, 0.2) is 29.3 Å². The van der Waals surface area contributed by atoms with Gasteiger partial charge in [0.1, 0.15) is 5.75 Å². The topological polar surface area (TPSA) is 48.9 Å². The van der Waals surface area contributed by atoms with Crippen LogP contribution in [0.25, 0.3) is 0 Å². The van der Waals surface area contributed by atoms with Crippen molar-refractivity contribution in [3.05, 3.63) is 29.8 Å². The Hall–Kier alpha value is -1.75. The Morgan fingerprint density at radius 3 is 2.56 bits per heavy atom. The van der Waals surface area contributed by atoms with E-state index >= 15 is 0 Å². The van der Waals surface area contributed by atoms with Crippen molar-refractivity contribution in [3.63, 3.8) is 0 Å². The monoisotopic (exact) mass is 374 g/mol. The molecule has 2 N–H and O–H groups in total. The molecule has 0 bridgehead atoms. The summed E-state index contributed by atoms with van der Waals surface area (Å²) in [5.74, 6) is 2.62. The smallest absolute Gasteiger partial charge is 0.191 e. The SMILES string of the molecule is CN=C(NCCCCCCCN(C)C)NCc1ccccc1OCC1CC1. The fraction of sp³-hybridized carbons (Fsp3) is 0.682. The molecule has 0 unspecified atom stereocenters. The molecule has 1 saturated carbocycles. The molecule has 5 heteroatoms. The van der Waals surface area contributed by atoms with E-state index < -0.39 is 0 Å². The van der Waals surface area contributed by atoms with Crippen LogP contribution >= 0.6 is 0 Å². The van der Waals surface area contributed by atoms with Gasteiger partial charge in [-0.25, -0.2) is 0 Å². The molecule has 1 fully saturated rings. The zero-order chi connectivity index (χ0) is 19.3. The second kappa shape index (κ2) is 12.6. The maximum absolute atomic E-state index is 5.98. The van der Waals surface area contributed by atoms with Gasteiger partial charge >= 0.3 is 0 Å². The molecule has 1 aromatic rings. The summed E-state index contributed by atoms with van der Waals surface area (Å²) in [4.78, 5) is 6.59. The molecule has 0 amide bonds. The van der Waals surface area contributed by atoms with E-state index in [9.17, 15) is 0 Å². The van der Waals surface area contributed by atoms with Gasteiger partial charge in [-0.1, -0.05) is 37.5 Å². The highest BCUT2D eigenvalue weighted by atomic mass is 16.5. The van der Waals surface area contributed by atoms with Gasteiger partial charge in [0.2, 0.25) is 0 Å². The number of nitrogens with zero attached hydrogens (tertiary/aromatic N) is 2. The maximum Gasteiger partial charge on any atom is 0.191 e. The largest absolute Gasteiger partial charge is 0.493 e. The third kappa shape index (κ3) is 9.66. The Labute approximate surface area is 165 Å². The molecule has 1 aromatic carbocycles. The van der Waals surface area contributed by atoms with Gasteiger partial charge in [-0.3, -0.25) is 4.99 Å². The number of benzene rings is 1. The van der Waals surface area contributed by atoms with Crippen LogP contribution in [-0.4, -0.2) is 51.7 Å². The first-order valence-electron chi connectivity index (χ1n) is 10.5. The molecule has 0 aromatic heterocycles. The van der Waals surface area contributed by atoms with E-state index in [0.717, 1.165) is 37.3 Å². The van der Waals surface area contributed by atoms with Crippen molar-refractivity contribution >= 4 is 5.96 Å². The van der Waals surface area contributed by atoms with Crippen LogP contribution in [0.2, 0.25) is 0 Å². The Balaban J connectivity index is 1.60. The van der Waals surface area contributed by atoms with Crippen molar-refractivity contribution in [1.29, 1.82) is 0 Å². The molecule has 152 valence electrons.